The first-order valence-electron chi connectivity index (χ1n) is 9.55. The summed E-state index contributed by atoms with van der Waals surface area (Å²) in [5.74, 6) is 2.11. The highest BCUT2D eigenvalue weighted by Crippen LogP contribution is 2.37. The van der Waals surface area contributed by atoms with Crippen LogP contribution in [0.15, 0.2) is 45.2 Å². The molecule has 0 N–H and O–H groups in total. The van der Waals surface area contributed by atoms with Crippen LogP contribution in [0.5, 0.6) is 0 Å². The molecule has 10 heteroatoms. The van der Waals surface area contributed by atoms with E-state index in [1.165, 1.54) is 15.9 Å². The fraction of sp³-hybridized carbons (Fsp3) is 0.300. The van der Waals surface area contributed by atoms with E-state index in [1.807, 2.05) is 35.2 Å². The number of rotatable bonds is 4. The van der Waals surface area contributed by atoms with Crippen LogP contribution in [0.25, 0.3) is 22.7 Å². The molecule has 4 aromatic heterocycles. The van der Waals surface area contributed by atoms with Gasteiger partial charge in [0.2, 0.25) is 5.95 Å². The zero-order valence-electron chi connectivity index (χ0n) is 16.4. The van der Waals surface area contributed by atoms with E-state index in [0.29, 0.717) is 15.9 Å². The molecule has 0 radical (unpaired) electrons. The Bertz CT molecular complexity index is 1270. The molecule has 5 rings (SSSR count). The van der Waals surface area contributed by atoms with E-state index in [0.717, 1.165) is 42.2 Å². The smallest absolute Gasteiger partial charge is 0.250 e. The molecule has 0 amide bonds. The molecule has 0 spiro atoms. The Balaban J connectivity index is 1.46. The molecule has 0 aliphatic carbocycles. The maximum atomic E-state index is 12.0. The van der Waals surface area contributed by atoms with E-state index in [-0.39, 0.29) is 11.6 Å². The summed E-state index contributed by atoms with van der Waals surface area (Å²) in [6.07, 6.45) is 3.70. The maximum Gasteiger partial charge on any atom is 0.250 e. The van der Waals surface area contributed by atoms with Crippen molar-refractivity contribution in [2.24, 2.45) is 14.1 Å². The summed E-state index contributed by atoms with van der Waals surface area (Å²) in [5.41, 5.74) is 2.45. The van der Waals surface area contributed by atoms with Crippen molar-refractivity contribution in [3.05, 3.63) is 56.2 Å². The van der Waals surface area contributed by atoms with Crippen molar-refractivity contribution in [1.82, 2.24) is 24.5 Å². The number of pyridine rings is 1. The van der Waals surface area contributed by atoms with Crippen molar-refractivity contribution in [3.8, 4) is 22.7 Å². The lowest BCUT2D eigenvalue weighted by molar-refractivity contribution is 0.416. The molecule has 1 aliphatic rings. The zero-order chi connectivity index (χ0) is 20.8. The van der Waals surface area contributed by atoms with Gasteiger partial charge in [-0.3, -0.25) is 9.36 Å². The molecular weight excluding hydrogens is 424 g/mol. The highest BCUT2D eigenvalue weighted by molar-refractivity contribution is 7.14. The fourth-order valence-electron chi connectivity index (χ4n) is 3.84. The van der Waals surface area contributed by atoms with E-state index >= 15 is 0 Å². The minimum absolute atomic E-state index is 0.0519. The molecule has 8 nitrogen and oxygen atoms in total. The maximum absolute atomic E-state index is 12.0. The molecule has 0 aromatic carbocycles. The van der Waals surface area contributed by atoms with E-state index < -0.39 is 0 Å². The second-order valence-corrected chi connectivity index (χ2v) is 8.90. The van der Waals surface area contributed by atoms with Crippen LogP contribution < -0.4 is 10.5 Å². The number of hydrogen-bond donors (Lipinski definition) is 0. The van der Waals surface area contributed by atoms with Crippen molar-refractivity contribution in [3.63, 3.8) is 0 Å². The average Bonchev–Trinajstić information content (AvgIpc) is 3.49. The van der Waals surface area contributed by atoms with Crippen molar-refractivity contribution in [2.75, 3.05) is 11.4 Å². The highest BCUT2D eigenvalue weighted by Gasteiger charge is 2.32. The van der Waals surface area contributed by atoms with Gasteiger partial charge < -0.3 is 14.0 Å². The summed E-state index contributed by atoms with van der Waals surface area (Å²) >= 11 is 7.51. The standard InChI is InChI=1S/C20H19ClN6O2S/c1-25-7-5-12(9-18(25)28)19-22-23-20(26(19)2)27-6-3-4-15(27)14-10-16(29-24-14)13-8-17(21)30-11-13/h5,7-11,15H,3-4,6H2,1-2H3/t15-/m1/s1. The van der Waals surface area contributed by atoms with Gasteiger partial charge in [-0.1, -0.05) is 16.8 Å². The molecule has 1 aliphatic heterocycles. The summed E-state index contributed by atoms with van der Waals surface area (Å²) in [5, 5.41) is 15.1. The van der Waals surface area contributed by atoms with Gasteiger partial charge in [-0.05, 0) is 25.0 Å². The van der Waals surface area contributed by atoms with Crippen LogP contribution in [0.2, 0.25) is 4.34 Å². The second-order valence-electron chi connectivity index (χ2n) is 7.35. The van der Waals surface area contributed by atoms with Crippen LogP contribution in [0, 0.1) is 0 Å². The monoisotopic (exact) mass is 442 g/mol. The molecule has 1 atom stereocenters. The molecule has 154 valence electrons. The molecule has 5 heterocycles. The fourth-order valence-corrected chi connectivity index (χ4v) is 4.71. The highest BCUT2D eigenvalue weighted by atomic mass is 35.5. The molecule has 4 aromatic rings. The third-order valence-corrected chi connectivity index (χ3v) is 6.54. The van der Waals surface area contributed by atoms with Gasteiger partial charge in [0.05, 0.1) is 10.4 Å². The molecular formula is C20H19ClN6O2S. The molecule has 1 saturated heterocycles. The van der Waals surface area contributed by atoms with E-state index in [1.54, 1.807) is 19.3 Å². The van der Waals surface area contributed by atoms with Gasteiger partial charge in [0, 0.05) is 55.5 Å². The lowest BCUT2D eigenvalue weighted by Gasteiger charge is -2.23. The van der Waals surface area contributed by atoms with Crippen molar-refractivity contribution < 1.29 is 4.52 Å². The Morgan fingerprint density at radius 3 is 2.83 bits per heavy atom. The minimum Gasteiger partial charge on any atom is -0.356 e. The van der Waals surface area contributed by atoms with E-state index in [4.69, 9.17) is 16.1 Å². The summed E-state index contributed by atoms with van der Waals surface area (Å²) in [6, 6.07) is 7.34. The summed E-state index contributed by atoms with van der Waals surface area (Å²) < 4.78 is 9.75. The molecule has 30 heavy (non-hydrogen) atoms. The van der Waals surface area contributed by atoms with E-state index in [9.17, 15) is 4.79 Å². The van der Waals surface area contributed by atoms with Gasteiger partial charge in [0.1, 0.15) is 5.69 Å². The number of nitrogens with zero attached hydrogens (tertiary/aromatic N) is 6. The number of thiophene rings is 1. The Hall–Kier alpha value is -2.91. The number of anilines is 1. The Morgan fingerprint density at radius 1 is 1.20 bits per heavy atom. The lowest BCUT2D eigenvalue weighted by Crippen LogP contribution is -2.25. The predicted molar refractivity (Wildman–Crippen MR) is 116 cm³/mol. The quantitative estimate of drug-likeness (QED) is 0.477. The molecule has 0 unspecified atom stereocenters. The Labute approximate surface area is 181 Å². The van der Waals surface area contributed by atoms with E-state index in [2.05, 4.69) is 20.3 Å². The zero-order valence-corrected chi connectivity index (χ0v) is 18.0. The minimum atomic E-state index is -0.0836. The van der Waals surface area contributed by atoms with Crippen LogP contribution in [0.3, 0.4) is 0 Å². The van der Waals surface area contributed by atoms with Crippen LogP contribution in [-0.2, 0) is 14.1 Å². The van der Waals surface area contributed by atoms with Gasteiger partial charge in [-0.15, -0.1) is 21.5 Å². The first-order valence-corrected chi connectivity index (χ1v) is 10.8. The van der Waals surface area contributed by atoms with Crippen molar-refractivity contribution in [2.45, 2.75) is 18.9 Å². The summed E-state index contributed by atoms with van der Waals surface area (Å²) in [4.78, 5) is 14.2. The normalized spacial score (nSPS) is 16.5. The largest absolute Gasteiger partial charge is 0.356 e. The van der Waals surface area contributed by atoms with Crippen molar-refractivity contribution in [1.29, 1.82) is 0 Å². The second kappa shape index (κ2) is 7.41. The van der Waals surface area contributed by atoms with Crippen LogP contribution in [0.4, 0.5) is 5.95 Å². The lowest BCUT2D eigenvalue weighted by atomic mass is 10.1. The summed E-state index contributed by atoms with van der Waals surface area (Å²) in [6.45, 7) is 0.847. The molecule has 0 saturated carbocycles. The topological polar surface area (TPSA) is 82.0 Å². The third kappa shape index (κ3) is 3.23. The van der Waals surface area contributed by atoms with Gasteiger partial charge in [-0.2, -0.15) is 0 Å². The number of aromatic nitrogens is 5. The van der Waals surface area contributed by atoms with Crippen LogP contribution >= 0.6 is 22.9 Å². The SMILES string of the molecule is Cn1c(-c2ccn(C)c(=O)c2)nnc1N1CCC[C@@H]1c1cc(-c2csc(Cl)c2)on1. The van der Waals surface area contributed by atoms with Gasteiger partial charge in [-0.25, -0.2) is 0 Å². The van der Waals surface area contributed by atoms with Gasteiger partial charge in [0.15, 0.2) is 11.6 Å². The number of hydrogen-bond acceptors (Lipinski definition) is 7. The Kier molecular flexibility index (Phi) is 4.71. The third-order valence-electron chi connectivity index (χ3n) is 5.45. The number of aryl methyl sites for hydroxylation is 1. The van der Waals surface area contributed by atoms with Gasteiger partial charge in [0.25, 0.3) is 5.56 Å². The average molecular weight is 443 g/mol. The first kappa shape index (κ1) is 19.1. The van der Waals surface area contributed by atoms with Gasteiger partial charge >= 0.3 is 0 Å². The Morgan fingerprint density at radius 2 is 2.07 bits per heavy atom. The number of halogens is 1. The summed E-state index contributed by atoms with van der Waals surface area (Å²) in [7, 11) is 3.64. The first-order chi connectivity index (χ1) is 14.5. The van der Waals surface area contributed by atoms with Crippen LogP contribution in [-0.4, -0.2) is 31.0 Å². The molecule has 1 fully saturated rings. The predicted octanol–water partition coefficient (Wildman–Crippen LogP) is 3.89. The van der Waals surface area contributed by atoms with Crippen molar-refractivity contribution >= 4 is 28.9 Å². The van der Waals surface area contributed by atoms with Crippen LogP contribution in [0.1, 0.15) is 24.6 Å². The molecule has 0 bridgehead atoms.